The van der Waals surface area contributed by atoms with E-state index >= 15 is 0 Å². The first-order chi connectivity index (χ1) is 12.2. The highest BCUT2D eigenvalue weighted by atomic mass is 16.5. The van der Waals surface area contributed by atoms with Crippen molar-refractivity contribution in [1.82, 2.24) is 20.3 Å². The van der Waals surface area contributed by atoms with E-state index in [4.69, 9.17) is 13.9 Å². The summed E-state index contributed by atoms with van der Waals surface area (Å²) in [5, 5.41) is 7.48. The van der Waals surface area contributed by atoms with Crippen LogP contribution in [-0.2, 0) is 13.0 Å². The largest absolute Gasteiger partial charge is 0.469 e. The summed E-state index contributed by atoms with van der Waals surface area (Å²) in [7, 11) is 0. The first-order valence-corrected chi connectivity index (χ1v) is 8.95. The lowest BCUT2D eigenvalue weighted by atomic mass is 10.3. The van der Waals surface area contributed by atoms with Crippen LogP contribution in [0.1, 0.15) is 24.1 Å². The molecule has 0 aromatic carbocycles. The molecular weight excluding hydrogens is 318 g/mol. The normalized spacial score (nSPS) is 16.4. The second kappa shape index (κ2) is 8.71. The summed E-state index contributed by atoms with van der Waals surface area (Å²) in [4.78, 5) is 9.48. The van der Waals surface area contributed by atoms with Gasteiger partial charge in [0.05, 0.1) is 12.0 Å². The number of piperazine rings is 1. The van der Waals surface area contributed by atoms with E-state index in [1.54, 1.807) is 6.26 Å². The predicted molar refractivity (Wildman–Crippen MR) is 96.5 cm³/mol. The third kappa shape index (κ3) is 5.09. The number of nitrogens with zero attached hydrogens (tertiary/aromatic N) is 4. The Hall–Kier alpha value is -2.28. The van der Waals surface area contributed by atoms with Crippen LogP contribution in [0.15, 0.2) is 38.4 Å². The summed E-state index contributed by atoms with van der Waals surface area (Å²) < 4.78 is 10.5. The second-order valence-electron chi connectivity index (χ2n) is 6.26. The minimum atomic E-state index is 0.730. The van der Waals surface area contributed by atoms with Gasteiger partial charge < -0.3 is 19.2 Å². The van der Waals surface area contributed by atoms with E-state index in [1.807, 2.05) is 25.1 Å². The summed E-state index contributed by atoms with van der Waals surface area (Å²) in [6, 6.07) is 5.92. The van der Waals surface area contributed by atoms with Crippen molar-refractivity contribution >= 4 is 5.96 Å². The molecule has 7 nitrogen and oxygen atoms in total. The maximum absolute atomic E-state index is 5.37. The molecule has 1 fully saturated rings. The standard InChI is InChI=1S/C18H27N5O2/c1-3-19-18(20-7-6-17-5-4-12-24-17)23-10-8-22(9-11-23)14-16-13-15(2)25-21-16/h4-5,12-13H,3,6-11,14H2,1-2H3,(H,19,20). The maximum atomic E-state index is 5.37. The monoisotopic (exact) mass is 345 g/mol. The van der Waals surface area contributed by atoms with Crippen LogP contribution in [0.4, 0.5) is 0 Å². The zero-order valence-corrected chi connectivity index (χ0v) is 15.1. The van der Waals surface area contributed by atoms with Crippen molar-refractivity contribution in [3.63, 3.8) is 0 Å². The molecule has 1 N–H and O–H groups in total. The first kappa shape index (κ1) is 17.5. The predicted octanol–water partition coefficient (Wildman–Crippen LogP) is 1.90. The molecule has 7 heteroatoms. The zero-order chi connectivity index (χ0) is 17.5. The van der Waals surface area contributed by atoms with E-state index in [2.05, 4.69) is 27.2 Å². The maximum Gasteiger partial charge on any atom is 0.194 e. The molecule has 0 unspecified atom stereocenters. The molecule has 1 aliphatic heterocycles. The van der Waals surface area contributed by atoms with Crippen molar-refractivity contribution < 1.29 is 8.94 Å². The minimum Gasteiger partial charge on any atom is -0.469 e. The number of nitrogens with one attached hydrogen (secondary N) is 1. The van der Waals surface area contributed by atoms with Crippen LogP contribution >= 0.6 is 0 Å². The quantitative estimate of drug-likeness (QED) is 0.637. The summed E-state index contributed by atoms with van der Waals surface area (Å²) in [6.07, 6.45) is 2.53. The van der Waals surface area contributed by atoms with Gasteiger partial charge in [0.15, 0.2) is 5.96 Å². The van der Waals surface area contributed by atoms with Crippen LogP contribution in [0.5, 0.6) is 0 Å². The molecule has 2 aromatic heterocycles. The Morgan fingerprint density at radius 3 is 2.80 bits per heavy atom. The van der Waals surface area contributed by atoms with Gasteiger partial charge in [-0.3, -0.25) is 9.89 Å². The number of aryl methyl sites for hydroxylation is 1. The number of rotatable bonds is 6. The third-order valence-corrected chi connectivity index (χ3v) is 4.27. The van der Waals surface area contributed by atoms with Gasteiger partial charge in [-0.2, -0.15) is 0 Å². The Morgan fingerprint density at radius 1 is 1.32 bits per heavy atom. The Labute approximate surface area is 148 Å². The van der Waals surface area contributed by atoms with Gasteiger partial charge in [-0.15, -0.1) is 0 Å². The number of guanidine groups is 1. The van der Waals surface area contributed by atoms with Gasteiger partial charge in [0.25, 0.3) is 0 Å². The highest BCUT2D eigenvalue weighted by Gasteiger charge is 2.20. The Kier molecular flexibility index (Phi) is 6.11. The summed E-state index contributed by atoms with van der Waals surface area (Å²) in [5.74, 6) is 2.84. The Morgan fingerprint density at radius 2 is 2.16 bits per heavy atom. The summed E-state index contributed by atoms with van der Waals surface area (Å²) >= 11 is 0. The van der Waals surface area contributed by atoms with Gasteiger partial charge in [-0.1, -0.05) is 5.16 Å². The Balaban J connectivity index is 1.49. The molecular formula is C18H27N5O2. The van der Waals surface area contributed by atoms with Gasteiger partial charge >= 0.3 is 0 Å². The molecule has 0 amide bonds. The molecule has 0 atom stereocenters. The summed E-state index contributed by atoms with van der Waals surface area (Å²) in [5.41, 5.74) is 1.00. The van der Waals surface area contributed by atoms with Crippen LogP contribution in [0.2, 0.25) is 0 Å². The molecule has 1 aliphatic rings. The highest BCUT2D eigenvalue weighted by molar-refractivity contribution is 5.80. The molecule has 136 valence electrons. The lowest BCUT2D eigenvalue weighted by Gasteiger charge is -2.36. The smallest absolute Gasteiger partial charge is 0.194 e. The van der Waals surface area contributed by atoms with Crippen LogP contribution < -0.4 is 5.32 Å². The fraction of sp³-hybridized carbons (Fsp3) is 0.556. The topological polar surface area (TPSA) is 70.0 Å². The van der Waals surface area contributed by atoms with Gasteiger partial charge in [-0.25, -0.2) is 0 Å². The van der Waals surface area contributed by atoms with Crippen molar-refractivity contribution in [1.29, 1.82) is 0 Å². The molecule has 25 heavy (non-hydrogen) atoms. The summed E-state index contributed by atoms with van der Waals surface area (Å²) in [6.45, 7) is 10.4. The van der Waals surface area contributed by atoms with Crippen molar-refractivity contribution in [3.05, 3.63) is 41.7 Å². The molecule has 2 aromatic rings. The van der Waals surface area contributed by atoms with Crippen LogP contribution in [0, 0.1) is 6.92 Å². The lowest BCUT2D eigenvalue weighted by Crippen LogP contribution is -2.52. The average Bonchev–Trinajstić information content (AvgIpc) is 3.27. The lowest BCUT2D eigenvalue weighted by molar-refractivity contribution is 0.169. The molecule has 1 saturated heterocycles. The fourth-order valence-electron chi connectivity index (χ4n) is 2.99. The molecule has 0 spiro atoms. The molecule has 0 aliphatic carbocycles. The first-order valence-electron chi connectivity index (χ1n) is 8.95. The van der Waals surface area contributed by atoms with E-state index < -0.39 is 0 Å². The zero-order valence-electron chi connectivity index (χ0n) is 15.1. The van der Waals surface area contributed by atoms with Gasteiger partial charge in [0.2, 0.25) is 0 Å². The van der Waals surface area contributed by atoms with Gasteiger partial charge in [-0.05, 0) is 26.0 Å². The van der Waals surface area contributed by atoms with E-state index in [-0.39, 0.29) is 0 Å². The molecule has 3 rings (SSSR count). The molecule has 0 saturated carbocycles. The van der Waals surface area contributed by atoms with E-state index in [0.717, 1.165) is 75.4 Å². The van der Waals surface area contributed by atoms with E-state index in [9.17, 15) is 0 Å². The van der Waals surface area contributed by atoms with E-state index in [1.165, 1.54) is 0 Å². The number of aromatic nitrogens is 1. The van der Waals surface area contributed by atoms with E-state index in [0.29, 0.717) is 0 Å². The van der Waals surface area contributed by atoms with Crippen molar-refractivity contribution in [2.75, 3.05) is 39.3 Å². The molecule has 3 heterocycles. The second-order valence-corrected chi connectivity index (χ2v) is 6.26. The average molecular weight is 345 g/mol. The van der Waals surface area contributed by atoms with Crippen molar-refractivity contribution in [2.45, 2.75) is 26.8 Å². The van der Waals surface area contributed by atoms with Crippen molar-refractivity contribution in [2.24, 2.45) is 4.99 Å². The fourth-order valence-corrected chi connectivity index (χ4v) is 2.99. The molecule has 0 radical (unpaired) electrons. The minimum absolute atomic E-state index is 0.730. The van der Waals surface area contributed by atoms with Crippen LogP contribution in [-0.4, -0.2) is 60.2 Å². The highest BCUT2D eigenvalue weighted by Crippen LogP contribution is 2.09. The molecule has 0 bridgehead atoms. The van der Waals surface area contributed by atoms with Gasteiger partial charge in [0.1, 0.15) is 11.5 Å². The Bertz CT molecular complexity index is 657. The SMILES string of the molecule is CCNC(=NCCc1ccco1)N1CCN(Cc2cc(C)on2)CC1. The van der Waals surface area contributed by atoms with Gasteiger partial charge in [0, 0.05) is 58.3 Å². The van der Waals surface area contributed by atoms with Crippen LogP contribution in [0.3, 0.4) is 0 Å². The number of furan rings is 1. The third-order valence-electron chi connectivity index (χ3n) is 4.27. The van der Waals surface area contributed by atoms with Crippen molar-refractivity contribution in [3.8, 4) is 0 Å². The number of aliphatic imine (C=N–C) groups is 1. The number of hydrogen-bond acceptors (Lipinski definition) is 5. The van der Waals surface area contributed by atoms with Crippen LogP contribution in [0.25, 0.3) is 0 Å². The number of hydrogen-bond donors (Lipinski definition) is 1.